The average molecular weight is 448 g/mol. The van der Waals surface area contributed by atoms with Crippen molar-refractivity contribution >= 4 is 18.4 Å². The molecule has 0 bridgehead atoms. The van der Waals surface area contributed by atoms with Crippen LogP contribution in [-0.2, 0) is 15.1 Å². The molecule has 0 spiro atoms. The van der Waals surface area contributed by atoms with Crippen LogP contribution in [0, 0.1) is 0 Å². The molecule has 0 aliphatic carbocycles. The monoisotopic (exact) mass is 447 g/mol. The number of aliphatic hydroxyl groups is 1. The molecule has 0 saturated heterocycles. The van der Waals surface area contributed by atoms with Crippen molar-refractivity contribution in [2.24, 2.45) is 0 Å². The molecule has 1 N–H and O–H groups in total. The molecule has 2 aromatic carbocycles. The van der Waals surface area contributed by atoms with Crippen LogP contribution in [0.2, 0.25) is 0 Å². The molecule has 5 heteroatoms. The fourth-order valence-corrected chi connectivity index (χ4v) is 3.53. The maximum atomic E-state index is 13.2. The van der Waals surface area contributed by atoms with Crippen LogP contribution < -0.4 is 0 Å². The Balaban J connectivity index is 0.00000480. The lowest BCUT2D eigenvalue weighted by atomic mass is 9.84. The number of carbonyl (C=O) groups excluding carboxylic acids is 1. The molecule has 172 valence electrons. The topological polar surface area (TPSA) is 49.8 Å². The maximum Gasteiger partial charge on any atom is 0.347 e. The highest BCUT2D eigenvalue weighted by atomic mass is 35.5. The molecule has 0 atom stereocenters. The Morgan fingerprint density at radius 3 is 1.58 bits per heavy atom. The quantitative estimate of drug-likeness (QED) is 0.490. The van der Waals surface area contributed by atoms with Gasteiger partial charge in [0.2, 0.25) is 5.60 Å². The van der Waals surface area contributed by atoms with Crippen LogP contribution >= 0.6 is 12.4 Å². The Kier molecular flexibility index (Phi) is 10.7. The van der Waals surface area contributed by atoms with Gasteiger partial charge in [-0.1, -0.05) is 90.1 Å². The standard InChI is InChI=1S/C26H37NO3.ClH/c1-7-27(8-2)17-18-30-25(28)26(29,23-13-9-21(10-14-23)19(3)4)24-15-11-22(12-16-24)20(5)6;/h9-16,19-20,29H,7-8,17-18H2,1-6H3;1H. The van der Waals surface area contributed by atoms with Crippen LogP contribution in [0.5, 0.6) is 0 Å². The Bertz CT molecular complexity index is 745. The Morgan fingerprint density at radius 1 is 0.871 bits per heavy atom. The molecule has 0 radical (unpaired) electrons. The maximum absolute atomic E-state index is 13.2. The van der Waals surface area contributed by atoms with Gasteiger partial charge in [-0.2, -0.15) is 0 Å². The van der Waals surface area contributed by atoms with E-state index in [2.05, 4.69) is 46.4 Å². The van der Waals surface area contributed by atoms with Gasteiger partial charge in [0.25, 0.3) is 0 Å². The first-order valence-electron chi connectivity index (χ1n) is 11.1. The lowest BCUT2D eigenvalue weighted by Gasteiger charge is -2.28. The van der Waals surface area contributed by atoms with E-state index in [9.17, 15) is 9.90 Å². The minimum Gasteiger partial charge on any atom is -0.462 e. The van der Waals surface area contributed by atoms with Gasteiger partial charge in [-0.25, -0.2) is 4.79 Å². The van der Waals surface area contributed by atoms with Gasteiger partial charge in [-0.05, 0) is 47.2 Å². The third-order valence-corrected chi connectivity index (χ3v) is 5.82. The van der Waals surface area contributed by atoms with E-state index in [-0.39, 0.29) is 19.0 Å². The number of halogens is 1. The number of nitrogens with zero attached hydrogens (tertiary/aromatic N) is 1. The van der Waals surface area contributed by atoms with Crippen LogP contribution in [-0.4, -0.2) is 42.2 Å². The smallest absolute Gasteiger partial charge is 0.347 e. The van der Waals surface area contributed by atoms with E-state index in [0.717, 1.165) is 24.2 Å². The predicted octanol–water partition coefficient (Wildman–Crippen LogP) is 5.48. The van der Waals surface area contributed by atoms with Gasteiger partial charge in [0.15, 0.2) is 0 Å². The summed E-state index contributed by atoms with van der Waals surface area (Å²) in [6.45, 7) is 15.3. The molecule has 0 heterocycles. The zero-order valence-corrected chi connectivity index (χ0v) is 20.5. The Labute approximate surface area is 194 Å². The summed E-state index contributed by atoms with van der Waals surface area (Å²) in [6, 6.07) is 15.2. The van der Waals surface area contributed by atoms with Gasteiger partial charge >= 0.3 is 5.97 Å². The molecule has 2 aromatic rings. The zero-order valence-electron chi connectivity index (χ0n) is 19.7. The van der Waals surface area contributed by atoms with Crippen molar-refractivity contribution in [1.82, 2.24) is 4.90 Å². The van der Waals surface area contributed by atoms with Gasteiger partial charge in [0.05, 0.1) is 0 Å². The third-order valence-electron chi connectivity index (χ3n) is 5.82. The first-order valence-corrected chi connectivity index (χ1v) is 11.1. The number of hydrogen-bond acceptors (Lipinski definition) is 4. The lowest BCUT2D eigenvalue weighted by Crippen LogP contribution is -2.40. The van der Waals surface area contributed by atoms with Crippen molar-refractivity contribution < 1.29 is 14.6 Å². The van der Waals surface area contributed by atoms with Crippen molar-refractivity contribution in [1.29, 1.82) is 0 Å². The molecule has 0 unspecified atom stereocenters. The number of benzene rings is 2. The van der Waals surface area contributed by atoms with Crippen LogP contribution in [0.3, 0.4) is 0 Å². The number of ether oxygens (including phenoxy) is 1. The Hall–Kier alpha value is -1.88. The van der Waals surface area contributed by atoms with E-state index in [1.807, 2.05) is 48.5 Å². The molecule has 0 aromatic heterocycles. The highest BCUT2D eigenvalue weighted by Gasteiger charge is 2.41. The molecule has 0 saturated carbocycles. The summed E-state index contributed by atoms with van der Waals surface area (Å²) in [5.74, 6) is 0.112. The zero-order chi connectivity index (χ0) is 22.3. The largest absolute Gasteiger partial charge is 0.462 e. The number of esters is 1. The summed E-state index contributed by atoms with van der Waals surface area (Å²) in [5.41, 5.74) is 1.53. The predicted molar refractivity (Wildman–Crippen MR) is 130 cm³/mol. The van der Waals surface area contributed by atoms with E-state index in [1.165, 1.54) is 0 Å². The molecule has 2 rings (SSSR count). The van der Waals surface area contributed by atoms with Crippen LogP contribution in [0.1, 0.15) is 75.6 Å². The van der Waals surface area contributed by atoms with Gasteiger partial charge < -0.3 is 14.7 Å². The highest BCUT2D eigenvalue weighted by molar-refractivity contribution is 5.86. The van der Waals surface area contributed by atoms with Crippen molar-refractivity contribution in [2.75, 3.05) is 26.2 Å². The first kappa shape index (κ1) is 27.2. The second kappa shape index (κ2) is 12.2. The van der Waals surface area contributed by atoms with E-state index in [1.54, 1.807) is 0 Å². The SMILES string of the molecule is CCN(CC)CCOC(=O)C(O)(c1ccc(C(C)C)cc1)c1ccc(C(C)C)cc1.Cl. The van der Waals surface area contributed by atoms with E-state index >= 15 is 0 Å². The molecule has 0 aliphatic rings. The number of rotatable bonds is 10. The molecular formula is C26H38ClNO3. The second-order valence-corrected chi connectivity index (χ2v) is 8.43. The first-order chi connectivity index (χ1) is 14.2. The second-order valence-electron chi connectivity index (χ2n) is 8.43. The summed E-state index contributed by atoms with van der Waals surface area (Å²) in [4.78, 5) is 15.4. The van der Waals surface area contributed by atoms with Crippen molar-refractivity contribution in [3.8, 4) is 0 Å². The van der Waals surface area contributed by atoms with Gasteiger partial charge in [-0.15, -0.1) is 12.4 Å². The molecule has 0 amide bonds. The summed E-state index contributed by atoms with van der Waals surface area (Å²) >= 11 is 0. The minimum atomic E-state index is -1.84. The fraction of sp³-hybridized carbons (Fsp3) is 0.500. The molecule has 4 nitrogen and oxygen atoms in total. The normalized spacial score (nSPS) is 11.7. The summed E-state index contributed by atoms with van der Waals surface area (Å²) < 4.78 is 5.57. The van der Waals surface area contributed by atoms with E-state index < -0.39 is 11.6 Å². The Morgan fingerprint density at radius 2 is 1.26 bits per heavy atom. The van der Waals surface area contributed by atoms with Crippen LogP contribution in [0.15, 0.2) is 48.5 Å². The third kappa shape index (κ3) is 6.55. The molecule has 31 heavy (non-hydrogen) atoms. The molecule has 0 aliphatic heterocycles. The average Bonchev–Trinajstić information content (AvgIpc) is 2.76. The molecular weight excluding hydrogens is 410 g/mol. The van der Waals surface area contributed by atoms with E-state index in [0.29, 0.717) is 29.5 Å². The summed E-state index contributed by atoms with van der Waals surface area (Å²) in [7, 11) is 0. The fourth-order valence-electron chi connectivity index (χ4n) is 3.53. The molecule has 0 fully saturated rings. The van der Waals surface area contributed by atoms with Crippen molar-refractivity contribution in [3.63, 3.8) is 0 Å². The van der Waals surface area contributed by atoms with Crippen molar-refractivity contribution in [3.05, 3.63) is 70.8 Å². The lowest BCUT2D eigenvalue weighted by molar-refractivity contribution is -0.162. The van der Waals surface area contributed by atoms with Gasteiger partial charge in [-0.3, -0.25) is 0 Å². The van der Waals surface area contributed by atoms with Gasteiger partial charge in [0, 0.05) is 6.54 Å². The van der Waals surface area contributed by atoms with Gasteiger partial charge in [0.1, 0.15) is 6.61 Å². The number of likely N-dealkylation sites (N-methyl/N-ethyl adjacent to an activating group) is 1. The minimum absolute atomic E-state index is 0. The highest BCUT2D eigenvalue weighted by Crippen LogP contribution is 2.33. The number of hydrogen-bond donors (Lipinski definition) is 1. The van der Waals surface area contributed by atoms with E-state index in [4.69, 9.17) is 4.74 Å². The number of carbonyl (C=O) groups is 1. The summed E-state index contributed by atoms with van der Waals surface area (Å²) in [5, 5.41) is 11.7. The van der Waals surface area contributed by atoms with Crippen LogP contribution in [0.25, 0.3) is 0 Å². The van der Waals surface area contributed by atoms with Crippen LogP contribution in [0.4, 0.5) is 0 Å². The summed E-state index contributed by atoms with van der Waals surface area (Å²) in [6.07, 6.45) is 0. The van der Waals surface area contributed by atoms with Crippen molar-refractivity contribution in [2.45, 2.75) is 59.0 Å².